The molecule has 1 aromatic rings. The molecule has 1 heterocycles. The van der Waals surface area contributed by atoms with Gasteiger partial charge in [-0.05, 0) is 47.3 Å². The lowest BCUT2D eigenvalue weighted by Crippen LogP contribution is -2.42. The van der Waals surface area contributed by atoms with Gasteiger partial charge in [0, 0.05) is 18.7 Å². The molecule has 0 N–H and O–H groups in total. The molecule has 4 heteroatoms. The Kier molecular flexibility index (Phi) is 4.43. The van der Waals surface area contributed by atoms with Gasteiger partial charge >= 0.3 is 0 Å². The number of carbonyl (C=O) groups is 1. The van der Waals surface area contributed by atoms with Crippen molar-refractivity contribution in [2.45, 2.75) is 33.6 Å². The summed E-state index contributed by atoms with van der Waals surface area (Å²) in [7, 11) is 0. The van der Waals surface area contributed by atoms with Crippen LogP contribution in [0.4, 0.5) is 10.1 Å². The topological polar surface area (TPSA) is 20.3 Å². The van der Waals surface area contributed by atoms with E-state index in [-0.39, 0.29) is 17.1 Å². The summed E-state index contributed by atoms with van der Waals surface area (Å²) in [5.41, 5.74) is 1.87. The lowest BCUT2D eigenvalue weighted by atomic mass is 9.81. The Hall–Kier alpha value is -1.03. The van der Waals surface area contributed by atoms with Crippen molar-refractivity contribution in [3.63, 3.8) is 0 Å². The molecule has 0 spiro atoms. The summed E-state index contributed by atoms with van der Waals surface area (Å²) < 4.78 is 13.3. The van der Waals surface area contributed by atoms with E-state index in [2.05, 4.69) is 33.4 Å². The van der Waals surface area contributed by atoms with Crippen LogP contribution < -0.4 is 4.90 Å². The molecule has 0 saturated heterocycles. The molecule has 1 amide bonds. The Balaban J connectivity index is 2.30. The second-order valence-electron chi connectivity index (χ2n) is 6.52. The quantitative estimate of drug-likeness (QED) is 0.843. The third-order valence-electron chi connectivity index (χ3n) is 4.09. The Morgan fingerprint density at radius 2 is 2.05 bits per heavy atom. The minimum absolute atomic E-state index is 0.0830. The maximum atomic E-state index is 13.3. The van der Waals surface area contributed by atoms with Crippen LogP contribution in [0, 0.1) is 17.2 Å². The monoisotopic (exact) mass is 295 g/mol. The van der Waals surface area contributed by atoms with Crippen LogP contribution >= 0.6 is 12.6 Å². The van der Waals surface area contributed by atoms with Crippen LogP contribution in [0.25, 0.3) is 0 Å². The van der Waals surface area contributed by atoms with Crippen molar-refractivity contribution >= 4 is 24.2 Å². The van der Waals surface area contributed by atoms with E-state index in [1.165, 1.54) is 6.07 Å². The van der Waals surface area contributed by atoms with Gasteiger partial charge in [-0.2, -0.15) is 12.6 Å². The van der Waals surface area contributed by atoms with Crippen molar-refractivity contribution in [3.05, 3.63) is 29.6 Å². The fraction of sp³-hybridized carbons (Fsp3) is 0.562. The summed E-state index contributed by atoms with van der Waals surface area (Å²) in [6.07, 6.45) is 1.09. The number of nitrogens with zero attached hydrogens (tertiary/aromatic N) is 1. The second kappa shape index (κ2) is 5.76. The molecule has 2 rings (SSSR count). The van der Waals surface area contributed by atoms with Gasteiger partial charge in [-0.3, -0.25) is 4.79 Å². The number of fused-ring (bicyclic) bond motifs is 1. The van der Waals surface area contributed by atoms with Gasteiger partial charge in [0.1, 0.15) is 5.82 Å². The van der Waals surface area contributed by atoms with Crippen LogP contribution in [0.15, 0.2) is 18.2 Å². The molecule has 20 heavy (non-hydrogen) atoms. The van der Waals surface area contributed by atoms with E-state index in [9.17, 15) is 9.18 Å². The number of hydrogen-bond donors (Lipinski definition) is 1. The number of hydrogen-bond acceptors (Lipinski definition) is 2. The highest BCUT2D eigenvalue weighted by atomic mass is 32.1. The summed E-state index contributed by atoms with van der Waals surface area (Å²) in [5, 5.41) is 0. The summed E-state index contributed by atoms with van der Waals surface area (Å²) in [6.45, 7) is 7.13. The molecular formula is C16H22FNOS. The molecule has 1 atom stereocenters. The minimum atomic E-state index is -0.236. The second-order valence-corrected chi connectivity index (χ2v) is 6.89. The van der Waals surface area contributed by atoms with E-state index in [0.717, 1.165) is 17.0 Å². The van der Waals surface area contributed by atoms with Gasteiger partial charge in [0.2, 0.25) is 5.91 Å². The van der Waals surface area contributed by atoms with E-state index < -0.39 is 0 Å². The van der Waals surface area contributed by atoms with Crippen LogP contribution in [0.2, 0.25) is 0 Å². The van der Waals surface area contributed by atoms with E-state index in [1.807, 2.05) is 4.90 Å². The lowest BCUT2D eigenvalue weighted by Gasteiger charge is -2.37. The predicted octanol–water partition coefficient (Wildman–Crippen LogP) is 3.70. The number of halogens is 1. The van der Waals surface area contributed by atoms with Gasteiger partial charge in [0.25, 0.3) is 0 Å². The summed E-state index contributed by atoms with van der Waals surface area (Å²) in [6, 6.07) is 4.69. The summed E-state index contributed by atoms with van der Waals surface area (Å²) in [5.74, 6) is 0.912. The van der Waals surface area contributed by atoms with Gasteiger partial charge in [0.05, 0.1) is 0 Å². The highest BCUT2D eigenvalue weighted by Crippen LogP contribution is 2.33. The normalized spacial score (nSPS) is 17.1. The zero-order chi connectivity index (χ0) is 14.9. The molecule has 0 saturated carbocycles. The molecule has 1 aliphatic heterocycles. The number of amides is 1. The van der Waals surface area contributed by atoms with Crippen molar-refractivity contribution in [2.75, 3.05) is 17.2 Å². The predicted molar refractivity (Wildman–Crippen MR) is 83.9 cm³/mol. The molecule has 1 unspecified atom stereocenters. The Labute approximate surface area is 125 Å². The van der Waals surface area contributed by atoms with Gasteiger partial charge in [-0.15, -0.1) is 0 Å². The van der Waals surface area contributed by atoms with Crippen molar-refractivity contribution < 1.29 is 9.18 Å². The van der Waals surface area contributed by atoms with Gasteiger partial charge in [-0.25, -0.2) is 4.39 Å². The molecule has 0 aliphatic carbocycles. The third kappa shape index (κ3) is 3.17. The standard InChI is InChI=1S/C16H22FNOS/c1-16(2,3)12(10-20)9-18-14-6-5-13(17)8-11(14)4-7-15(18)19/h5-6,8,12,20H,4,7,9-10H2,1-3H3. The molecule has 110 valence electrons. The number of carbonyl (C=O) groups excluding carboxylic acids is 1. The van der Waals surface area contributed by atoms with Crippen LogP contribution in [-0.2, 0) is 11.2 Å². The highest BCUT2D eigenvalue weighted by molar-refractivity contribution is 7.80. The lowest BCUT2D eigenvalue weighted by molar-refractivity contribution is -0.119. The maximum absolute atomic E-state index is 13.3. The molecule has 0 radical (unpaired) electrons. The SMILES string of the molecule is CC(C)(C)C(CS)CN1C(=O)CCc2cc(F)ccc21. The Morgan fingerprint density at radius 3 is 2.65 bits per heavy atom. The van der Waals surface area contributed by atoms with Crippen molar-refractivity contribution in [2.24, 2.45) is 11.3 Å². The van der Waals surface area contributed by atoms with Crippen LogP contribution in [0.1, 0.15) is 32.8 Å². The van der Waals surface area contributed by atoms with E-state index in [4.69, 9.17) is 0 Å². The van der Waals surface area contributed by atoms with E-state index in [0.29, 0.717) is 25.3 Å². The molecule has 1 aromatic carbocycles. The van der Waals surface area contributed by atoms with Crippen molar-refractivity contribution in [3.8, 4) is 0 Å². The highest BCUT2D eigenvalue weighted by Gasteiger charge is 2.31. The maximum Gasteiger partial charge on any atom is 0.227 e. The zero-order valence-corrected chi connectivity index (χ0v) is 13.2. The van der Waals surface area contributed by atoms with Gasteiger partial charge in [-0.1, -0.05) is 20.8 Å². The fourth-order valence-corrected chi connectivity index (χ4v) is 3.22. The zero-order valence-electron chi connectivity index (χ0n) is 12.3. The van der Waals surface area contributed by atoms with Crippen molar-refractivity contribution in [1.82, 2.24) is 0 Å². The van der Waals surface area contributed by atoms with E-state index in [1.54, 1.807) is 12.1 Å². The van der Waals surface area contributed by atoms with Crippen LogP contribution in [-0.4, -0.2) is 18.2 Å². The molecule has 0 bridgehead atoms. The number of anilines is 1. The van der Waals surface area contributed by atoms with Gasteiger partial charge in [0.15, 0.2) is 0 Å². The molecule has 0 fully saturated rings. The fourth-order valence-electron chi connectivity index (χ4n) is 2.55. The van der Waals surface area contributed by atoms with Crippen LogP contribution in [0.5, 0.6) is 0 Å². The first-order valence-electron chi connectivity index (χ1n) is 7.02. The first-order valence-corrected chi connectivity index (χ1v) is 7.66. The first-order chi connectivity index (χ1) is 9.32. The smallest absolute Gasteiger partial charge is 0.227 e. The molecule has 0 aromatic heterocycles. The average molecular weight is 295 g/mol. The summed E-state index contributed by atoms with van der Waals surface area (Å²) >= 11 is 4.43. The Morgan fingerprint density at radius 1 is 1.35 bits per heavy atom. The third-order valence-corrected chi connectivity index (χ3v) is 4.53. The van der Waals surface area contributed by atoms with Crippen molar-refractivity contribution in [1.29, 1.82) is 0 Å². The summed E-state index contributed by atoms with van der Waals surface area (Å²) in [4.78, 5) is 14.0. The number of thiol groups is 1. The number of benzene rings is 1. The first kappa shape index (κ1) is 15.4. The van der Waals surface area contributed by atoms with E-state index >= 15 is 0 Å². The molecule has 2 nitrogen and oxygen atoms in total. The van der Waals surface area contributed by atoms with Crippen LogP contribution in [0.3, 0.4) is 0 Å². The number of rotatable bonds is 3. The minimum Gasteiger partial charge on any atom is -0.312 e. The average Bonchev–Trinajstić information content (AvgIpc) is 2.36. The molecule has 1 aliphatic rings. The Bertz CT molecular complexity index is 510. The molecular weight excluding hydrogens is 273 g/mol. The largest absolute Gasteiger partial charge is 0.312 e. The number of aryl methyl sites for hydroxylation is 1. The van der Waals surface area contributed by atoms with Gasteiger partial charge < -0.3 is 4.90 Å².